The van der Waals surface area contributed by atoms with E-state index in [-0.39, 0.29) is 33.0 Å². The molecule has 3 aromatic carbocycles. The molecule has 1 fully saturated rings. The van der Waals surface area contributed by atoms with E-state index in [4.69, 9.17) is 37.4 Å². The molecule has 7 nitrogen and oxygen atoms in total. The molecule has 1 unspecified atom stereocenters. The average molecular weight is 542 g/mol. The van der Waals surface area contributed by atoms with Crippen LogP contribution in [-0.4, -0.2) is 37.1 Å². The van der Waals surface area contributed by atoms with E-state index >= 15 is 0 Å². The third-order valence-corrected chi connectivity index (χ3v) is 6.40. The molecular formula is C28H25Cl2NO6. The molecule has 37 heavy (non-hydrogen) atoms. The summed E-state index contributed by atoms with van der Waals surface area (Å²) in [5.74, 6) is -0.582. The Hall–Kier alpha value is -3.68. The molecule has 1 heterocycles. The van der Waals surface area contributed by atoms with Gasteiger partial charge in [-0.1, -0.05) is 35.3 Å². The van der Waals surface area contributed by atoms with Crippen LogP contribution in [0.5, 0.6) is 17.2 Å². The zero-order chi connectivity index (χ0) is 26.9. The molecule has 0 aliphatic carbocycles. The highest BCUT2D eigenvalue weighted by atomic mass is 35.5. The van der Waals surface area contributed by atoms with E-state index in [0.29, 0.717) is 22.7 Å². The highest BCUT2D eigenvalue weighted by Gasteiger charge is 2.47. The monoisotopic (exact) mass is 541 g/mol. The molecule has 1 saturated heterocycles. The first kappa shape index (κ1) is 26.4. The second kappa shape index (κ2) is 10.7. The van der Waals surface area contributed by atoms with Crippen LogP contribution >= 0.6 is 23.2 Å². The van der Waals surface area contributed by atoms with Crippen molar-refractivity contribution in [1.29, 1.82) is 0 Å². The normalized spacial score (nSPS) is 16.8. The topological polar surface area (TPSA) is 85.3 Å². The Bertz CT molecular complexity index is 1340. The number of ketones is 1. The van der Waals surface area contributed by atoms with Crippen molar-refractivity contribution in [2.45, 2.75) is 26.0 Å². The number of anilines is 1. The minimum Gasteiger partial charge on any atom is -0.507 e. The maximum Gasteiger partial charge on any atom is 0.300 e. The first-order chi connectivity index (χ1) is 17.7. The van der Waals surface area contributed by atoms with Crippen LogP contribution < -0.4 is 19.1 Å². The van der Waals surface area contributed by atoms with Crippen molar-refractivity contribution in [2.75, 3.05) is 19.1 Å². The summed E-state index contributed by atoms with van der Waals surface area (Å²) in [7, 11) is 2.95. The van der Waals surface area contributed by atoms with Crippen molar-refractivity contribution in [2.24, 2.45) is 0 Å². The van der Waals surface area contributed by atoms with Gasteiger partial charge in [0, 0.05) is 11.3 Å². The van der Waals surface area contributed by atoms with Crippen molar-refractivity contribution < 1.29 is 28.9 Å². The van der Waals surface area contributed by atoms with Gasteiger partial charge in [0.05, 0.1) is 42.0 Å². The van der Waals surface area contributed by atoms with Gasteiger partial charge in [0.2, 0.25) is 0 Å². The number of benzene rings is 3. The third kappa shape index (κ3) is 5.10. The number of ether oxygens (including phenoxy) is 3. The maximum absolute atomic E-state index is 13.4. The molecule has 1 amide bonds. The summed E-state index contributed by atoms with van der Waals surface area (Å²) >= 11 is 12.6. The summed E-state index contributed by atoms with van der Waals surface area (Å²) in [6.07, 6.45) is -0.0274. The van der Waals surface area contributed by atoms with Crippen LogP contribution in [0.3, 0.4) is 0 Å². The lowest BCUT2D eigenvalue weighted by Crippen LogP contribution is -2.29. The first-order valence-electron chi connectivity index (χ1n) is 11.4. The van der Waals surface area contributed by atoms with Gasteiger partial charge in [-0.3, -0.25) is 14.5 Å². The van der Waals surface area contributed by atoms with E-state index in [1.165, 1.54) is 31.3 Å². The van der Waals surface area contributed by atoms with E-state index in [1.54, 1.807) is 48.5 Å². The predicted molar refractivity (Wildman–Crippen MR) is 143 cm³/mol. The van der Waals surface area contributed by atoms with Crippen molar-refractivity contribution in [3.63, 3.8) is 0 Å². The maximum atomic E-state index is 13.4. The number of halogens is 2. The number of aliphatic hydroxyl groups excluding tert-OH is 1. The standard InChI is InChI=1S/C28H25Cl2NO6/c1-15(2)37-20-9-5-16(6-10-20)24-23(25(32)17-13-21(29)27(36-4)22(30)14-17)26(33)28(34)31(24)18-7-11-19(35-3)12-8-18/h5-15,24,32H,1-4H3/b25-23+. The number of amides is 1. The van der Waals surface area contributed by atoms with Crippen LogP contribution in [-0.2, 0) is 9.59 Å². The zero-order valence-electron chi connectivity index (χ0n) is 20.6. The smallest absolute Gasteiger partial charge is 0.300 e. The number of hydrogen-bond donors (Lipinski definition) is 1. The molecule has 1 N–H and O–H groups in total. The minimum absolute atomic E-state index is 0.0274. The highest BCUT2D eigenvalue weighted by Crippen LogP contribution is 2.44. The van der Waals surface area contributed by atoms with Gasteiger partial charge in [-0.05, 0) is 67.9 Å². The summed E-state index contributed by atoms with van der Waals surface area (Å²) in [5.41, 5.74) is 1.13. The molecule has 0 aromatic heterocycles. The molecule has 0 saturated carbocycles. The van der Waals surface area contributed by atoms with Gasteiger partial charge < -0.3 is 19.3 Å². The Morgan fingerprint density at radius 2 is 1.46 bits per heavy atom. The second-order valence-electron chi connectivity index (χ2n) is 8.58. The number of rotatable bonds is 7. The molecule has 0 bridgehead atoms. The zero-order valence-corrected chi connectivity index (χ0v) is 22.1. The predicted octanol–water partition coefficient (Wildman–Crippen LogP) is 6.42. The van der Waals surface area contributed by atoms with Crippen LogP contribution in [0.1, 0.15) is 31.0 Å². The van der Waals surface area contributed by atoms with Gasteiger partial charge in [0.1, 0.15) is 17.3 Å². The molecule has 3 aromatic rings. The third-order valence-electron chi connectivity index (χ3n) is 5.84. The van der Waals surface area contributed by atoms with E-state index in [2.05, 4.69) is 0 Å². The second-order valence-corrected chi connectivity index (χ2v) is 9.39. The lowest BCUT2D eigenvalue weighted by atomic mass is 9.95. The Morgan fingerprint density at radius 1 is 0.892 bits per heavy atom. The van der Waals surface area contributed by atoms with Crippen molar-refractivity contribution >= 4 is 46.3 Å². The van der Waals surface area contributed by atoms with Gasteiger partial charge in [-0.2, -0.15) is 0 Å². The lowest BCUT2D eigenvalue weighted by molar-refractivity contribution is -0.132. The molecule has 9 heteroatoms. The fourth-order valence-corrected chi connectivity index (χ4v) is 4.85. The molecular weight excluding hydrogens is 517 g/mol. The van der Waals surface area contributed by atoms with Gasteiger partial charge in [-0.15, -0.1) is 0 Å². The Balaban J connectivity index is 1.90. The average Bonchev–Trinajstić information content (AvgIpc) is 3.13. The van der Waals surface area contributed by atoms with E-state index < -0.39 is 23.5 Å². The van der Waals surface area contributed by atoms with Crippen LogP contribution in [0.2, 0.25) is 10.0 Å². The summed E-state index contributed by atoms with van der Waals surface area (Å²) < 4.78 is 16.1. The summed E-state index contributed by atoms with van der Waals surface area (Å²) in [6.45, 7) is 3.83. The van der Waals surface area contributed by atoms with Crippen LogP contribution in [0, 0.1) is 0 Å². The van der Waals surface area contributed by atoms with Crippen LogP contribution in [0.25, 0.3) is 5.76 Å². The largest absolute Gasteiger partial charge is 0.507 e. The first-order valence-corrected chi connectivity index (χ1v) is 12.2. The Kier molecular flexibility index (Phi) is 7.66. The summed E-state index contributed by atoms with van der Waals surface area (Å²) in [4.78, 5) is 28.1. The number of nitrogens with zero attached hydrogens (tertiary/aromatic N) is 1. The number of Topliss-reactive ketones (excluding diaryl/α,β-unsaturated/α-hetero) is 1. The van der Waals surface area contributed by atoms with Crippen molar-refractivity contribution in [3.05, 3.63) is 87.4 Å². The van der Waals surface area contributed by atoms with E-state index in [1.807, 2.05) is 13.8 Å². The quantitative estimate of drug-likeness (QED) is 0.211. The number of carbonyl (C=O) groups is 2. The van der Waals surface area contributed by atoms with Gasteiger partial charge >= 0.3 is 0 Å². The molecule has 0 radical (unpaired) electrons. The van der Waals surface area contributed by atoms with Crippen molar-refractivity contribution in [1.82, 2.24) is 0 Å². The Morgan fingerprint density at radius 3 is 1.97 bits per heavy atom. The molecule has 1 atom stereocenters. The minimum atomic E-state index is -0.929. The summed E-state index contributed by atoms with van der Waals surface area (Å²) in [6, 6.07) is 15.7. The SMILES string of the molecule is COc1ccc(N2C(=O)C(=O)/C(=C(/O)c3cc(Cl)c(OC)c(Cl)c3)C2c2ccc(OC(C)C)cc2)cc1. The number of methoxy groups -OCH3 is 2. The fraction of sp³-hybridized carbons (Fsp3) is 0.214. The van der Waals surface area contributed by atoms with Gasteiger partial charge in [0.15, 0.2) is 5.75 Å². The molecule has 0 spiro atoms. The van der Waals surface area contributed by atoms with Crippen molar-refractivity contribution in [3.8, 4) is 17.2 Å². The van der Waals surface area contributed by atoms with Crippen LogP contribution in [0.15, 0.2) is 66.2 Å². The summed E-state index contributed by atoms with van der Waals surface area (Å²) in [5, 5.41) is 11.6. The molecule has 1 aliphatic heterocycles. The Labute approximate surface area is 224 Å². The van der Waals surface area contributed by atoms with E-state index in [0.717, 1.165) is 0 Å². The number of hydrogen-bond acceptors (Lipinski definition) is 6. The number of aliphatic hydroxyl groups is 1. The highest BCUT2D eigenvalue weighted by molar-refractivity contribution is 6.51. The molecule has 1 aliphatic rings. The lowest BCUT2D eigenvalue weighted by Gasteiger charge is -2.26. The van der Waals surface area contributed by atoms with Crippen LogP contribution in [0.4, 0.5) is 5.69 Å². The molecule has 4 rings (SSSR count). The number of carbonyl (C=O) groups excluding carboxylic acids is 2. The molecule has 192 valence electrons. The van der Waals surface area contributed by atoms with E-state index in [9.17, 15) is 14.7 Å². The van der Waals surface area contributed by atoms with Gasteiger partial charge in [0.25, 0.3) is 11.7 Å². The van der Waals surface area contributed by atoms with Gasteiger partial charge in [-0.25, -0.2) is 0 Å². The fourth-order valence-electron chi connectivity index (χ4n) is 4.21.